The van der Waals surface area contributed by atoms with Crippen molar-refractivity contribution in [2.45, 2.75) is 31.3 Å². The minimum absolute atomic E-state index is 0.0537. The number of hydrogen-bond donors (Lipinski definition) is 4. The van der Waals surface area contributed by atoms with Crippen molar-refractivity contribution in [1.29, 1.82) is 0 Å². The SMILES string of the molecule is COC(=O)/C=C/C(=O)N(O)CCC#Cc1cn([C@H]2C[C@H](O)[C@@H](CO)O2)c(=O)nc1N. The molecule has 1 saturated heterocycles. The van der Waals surface area contributed by atoms with Crippen LogP contribution in [0.5, 0.6) is 0 Å². The molecule has 1 aliphatic heterocycles. The molecule has 1 aromatic heterocycles. The monoisotopic (exact) mass is 422 g/mol. The van der Waals surface area contributed by atoms with E-state index in [0.29, 0.717) is 5.06 Å². The van der Waals surface area contributed by atoms with Crippen molar-refractivity contribution in [3.05, 3.63) is 34.4 Å². The van der Waals surface area contributed by atoms with Crippen LogP contribution in [0.25, 0.3) is 0 Å². The summed E-state index contributed by atoms with van der Waals surface area (Å²) in [5.41, 5.74) is 5.23. The Kier molecular flexibility index (Phi) is 8.07. The molecular weight excluding hydrogens is 400 g/mol. The van der Waals surface area contributed by atoms with Gasteiger partial charge in [0.25, 0.3) is 5.91 Å². The zero-order chi connectivity index (χ0) is 22.3. The number of aliphatic hydroxyl groups is 2. The summed E-state index contributed by atoms with van der Waals surface area (Å²) in [6.45, 7) is -0.549. The van der Waals surface area contributed by atoms with Gasteiger partial charge in [-0.3, -0.25) is 14.6 Å². The van der Waals surface area contributed by atoms with Crippen LogP contribution in [0, 0.1) is 11.8 Å². The van der Waals surface area contributed by atoms with E-state index in [1.165, 1.54) is 6.20 Å². The van der Waals surface area contributed by atoms with E-state index >= 15 is 0 Å². The summed E-state index contributed by atoms with van der Waals surface area (Å²) < 4.78 is 10.9. The third kappa shape index (κ3) is 5.88. The minimum atomic E-state index is -0.930. The van der Waals surface area contributed by atoms with E-state index in [0.717, 1.165) is 23.8 Å². The lowest BCUT2D eigenvalue weighted by Crippen LogP contribution is -2.29. The maximum atomic E-state index is 12.1. The Morgan fingerprint density at radius 1 is 1.50 bits per heavy atom. The number of nitrogens with two attached hydrogens (primary N) is 1. The first-order valence-electron chi connectivity index (χ1n) is 8.85. The normalized spacial score (nSPS) is 20.6. The van der Waals surface area contributed by atoms with Gasteiger partial charge in [-0.25, -0.2) is 14.7 Å². The molecule has 0 aliphatic carbocycles. The number of aromatic nitrogens is 2. The number of hydrogen-bond acceptors (Lipinski definition) is 10. The second kappa shape index (κ2) is 10.5. The van der Waals surface area contributed by atoms with Gasteiger partial charge in [-0.1, -0.05) is 11.8 Å². The Bertz CT molecular complexity index is 932. The highest BCUT2D eigenvalue weighted by Crippen LogP contribution is 2.27. The van der Waals surface area contributed by atoms with Crippen molar-refractivity contribution in [3.63, 3.8) is 0 Å². The molecule has 12 heteroatoms. The first kappa shape index (κ1) is 23.0. The topological polar surface area (TPSA) is 177 Å². The predicted octanol–water partition coefficient (Wildman–Crippen LogP) is -1.85. The summed E-state index contributed by atoms with van der Waals surface area (Å²) in [6.07, 6.45) is 0.627. The molecule has 1 fully saturated rings. The number of aliphatic hydroxyl groups excluding tert-OH is 2. The van der Waals surface area contributed by atoms with Crippen LogP contribution in [0.4, 0.5) is 5.82 Å². The third-order valence-electron chi connectivity index (χ3n) is 4.16. The van der Waals surface area contributed by atoms with E-state index in [4.69, 9.17) is 15.6 Å². The average Bonchev–Trinajstić information content (AvgIpc) is 3.10. The lowest BCUT2D eigenvalue weighted by atomic mass is 10.2. The molecule has 0 unspecified atom stereocenters. The van der Waals surface area contributed by atoms with Crippen LogP contribution in [0.2, 0.25) is 0 Å². The highest BCUT2D eigenvalue weighted by molar-refractivity contribution is 5.93. The van der Waals surface area contributed by atoms with E-state index in [9.17, 15) is 24.7 Å². The summed E-state index contributed by atoms with van der Waals surface area (Å²) in [5, 5.41) is 29.0. The summed E-state index contributed by atoms with van der Waals surface area (Å²) in [5.74, 6) is 3.70. The Balaban J connectivity index is 2.03. The number of rotatable bonds is 6. The van der Waals surface area contributed by atoms with Gasteiger partial charge in [0.05, 0.1) is 31.9 Å². The number of nitrogens with zero attached hydrogens (tertiary/aromatic N) is 3. The maximum absolute atomic E-state index is 12.1. The van der Waals surface area contributed by atoms with E-state index in [-0.39, 0.29) is 30.8 Å². The van der Waals surface area contributed by atoms with Gasteiger partial charge in [-0.2, -0.15) is 4.98 Å². The highest BCUT2D eigenvalue weighted by atomic mass is 16.5. The highest BCUT2D eigenvalue weighted by Gasteiger charge is 2.35. The Labute approximate surface area is 171 Å². The van der Waals surface area contributed by atoms with E-state index in [1.807, 2.05) is 0 Å². The van der Waals surface area contributed by atoms with Crippen molar-refractivity contribution in [2.75, 3.05) is 26.0 Å². The Morgan fingerprint density at radius 3 is 2.87 bits per heavy atom. The smallest absolute Gasteiger partial charge is 0.351 e. The van der Waals surface area contributed by atoms with E-state index in [2.05, 4.69) is 21.6 Å². The Hall–Kier alpha value is -3.24. The lowest BCUT2D eigenvalue weighted by Gasteiger charge is -2.15. The molecule has 162 valence electrons. The maximum Gasteiger partial charge on any atom is 0.351 e. The predicted molar refractivity (Wildman–Crippen MR) is 101 cm³/mol. The van der Waals surface area contributed by atoms with Crippen molar-refractivity contribution in [2.24, 2.45) is 0 Å². The molecular formula is C18H22N4O8. The first-order chi connectivity index (χ1) is 14.3. The fourth-order valence-corrected chi connectivity index (χ4v) is 2.56. The van der Waals surface area contributed by atoms with Gasteiger partial charge in [0.15, 0.2) is 0 Å². The second-order valence-electron chi connectivity index (χ2n) is 6.21. The third-order valence-corrected chi connectivity index (χ3v) is 4.16. The minimum Gasteiger partial charge on any atom is -0.466 e. The summed E-state index contributed by atoms with van der Waals surface area (Å²) in [7, 11) is 1.15. The van der Waals surface area contributed by atoms with Gasteiger partial charge >= 0.3 is 11.7 Å². The zero-order valence-electron chi connectivity index (χ0n) is 16.1. The van der Waals surface area contributed by atoms with Crippen LogP contribution in [0.15, 0.2) is 23.1 Å². The second-order valence-corrected chi connectivity index (χ2v) is 6.21. The zero-order valence-corrected chi connectivity index (χ0v) is 16.1. The number of carbonyl (C=O) groups excluding carboxylic acids is 2. The number of esters is 1. The van der Waals surface area contributed by atoms with Crippen LogP contribution in [-0.4, -0.2) is 74.4 Å². The molecule has 2 heterocycles. The number of anilines is 1. The van der Waals surface area contributed by atoms with Gasteiger partial charge in [0.1, 0.15) is 18.1 Å². The summed E-state index contributed by atoms with van der Waals surface area (Å²) in [6, 6.07) is 0. The first-order valence-corrected chi connectivity index (χ1v) is 8.85. The quantitative estimate of drug-likeness (QED) is 0.134. The van der Waals surface area contributed by atoms with Gasteiger partial charge in [0, 0.05) is 31.2 Å². The van der Waals surface area contributed by atoms with Crippen LogP contribution in [0.3, 0.4) is 0 Å². The molecule has 0 radical (unpaired) electrons. The molecule has 0 saturated carbocycles. The molecule has 0 spiro atoms. The summed E-state index contributed by atoms with van der Waals surface area (Å²) in [4.78, 5) is 38.3. The largest absolute Gasteiger partial charge is 0.466 e. The van der Waals surface area contributed by atoms with Crippen LogP contribution in [-0.2, 0) is 19.1 Å². The lowest BCUT2D eigenvalue weighted by molar-refractivity contribution is -0.159. The molecule has 2 rings (SSSR count). The van der Waals surface area contributed by atoms with Gasteiger partial charge < -0.3 is 25.4 Å². The fourth-order valence-electron chi connectivity index (χ4n) is 2.56. The van der Waals surface area contributed by atoms with E-state index in [1.54, 1.807) is 0 Å². The molecule has 0 bridgehead atoms. The fraction of sp³-hybridized carbons (Fsp3) is 0.444. The van der Waals surface area contributed by atoms with E-state index < -0.39 is 42.6 Å². The summed E-state index contributed by atoms with van der Waals surface area (Å²) >= 11 is 0. The van der Waals surface area contributed by atoms with Crippen LogP contribution < -0.4 is 11.4 Å². The van der Waals surface area contributed by atoms with Gasteiger partial charge in [-0.05, 0) is 0 Å². The molecule has 5 N–H and O–H groups in total. The number of hydroxylamine groups is 2. The number of amides is 1. The molecule has 0 aromatic carbocycles. The van der Waals surface area contributed by atoms with Crippen LogP contribution in [0.1, 0.15) is 24.6 Å². The van der Waals surface area contributed by atoms with Crippen molar-refractivity contribution in [1.82, 2.24) is 14.6 Å². The standard InChI is InChI=1S/C18H22N4O8/c1-29-16(26)6-5-14(25)22(28)7-3-2-4-11-9-21(18(27)20-17(11)19)15-8-12(24)13(10-23)30-15/h5-6,9,12-13,15,23-24,28H,3,7-8,10H2,1H3,(H2,19,20,27)/b6-5+/t12-,13+,15+/m0/s1. The molecule has 3 atom stereocenters. The number of nitrogen functional groups attached to an aromatic ring is 1. The molecule has 1 aromatic rings. The number of ether oxygens (including phenoxy) is 2. The molecule has 1 aliphatic rings. The molecule has 12 nitrogen and oxygen atoms in total. The van der Waals surface area contributed by atoms with Gasteiger partial charge in [-0.15, -0.1) is 0 Å². The molecule has 30 heavy (non-hydrogen) atoms. The van der Waals surface area contributed by atoms with Crippen molar-refractivity contribution < 1.29 is 34.5 Å². The van der Waals surface area contributed by atoms with Crippen LogP contribution >= 0.6 is 0 Å². The Morgan fingerprint density at radius 2 is 2.23 bits per heavy atom. The molecule has 1 amide bonds. The van der Waals surface area contributed by atoms with Crippen molar-refractivity contribution >= 4 is 17.7 Å². The van der Waals surface area contributed by atoms with Gasteiger partial charge in [0.2, 0.25) is 0 Å². The van der Waals surface area contributed by atoms with Crippen molar-refractivity contribution in [3.8, 4) is 11.8 Å². The number of methoxy groups -OCH3 is 1. The number of carbonyl (C=O) groups is 2. The average molecular weight is 422 g/mol.